The highest BCUT2D eigenvalue weighted by Gasteiger charge is 2.30. The Morgan fingerprint density at radius 1 is 1.18 bits per heavy atom. The number of anilines is 4. The Morgan fingerprint density at radius 3 is 2.67 bits per heavy atom. The second-order valence-corrected chi connectivity index (χ2v) is 12.4. The van der Waals surface area contributed by atoms with Crippen LogP contribution in [0.25, 0.3) is 11.3 Å². The van der Waals surface area contributed by atoms with E-state index in [1.54, 1.807) is 43.6 Å². The number of ether oxygens (including phenoxy) is 3. The van der Waals surface area contributed by atoms with Gasteiger partial charge in [0.2, 0.25) is 5.91 Å². The first-order valence-electron chi connectivity index (χ1n) is 12.8. The normalized spacial score (nSPS) is 17.9. The van der Waals surface area contributed by atoms with Crippen LogP contribution >= 0.6 is 0 Å². The van der Waals surface area contributed by atoms with Crippen LogP contribution in [0, 0.1) is 0 Å². The van der Waals surface area contributed by atoms with Gasteiger partial charge in [0.05, 0.1) is 23.2 Å². The van der Waals surface area contributed by atoms with Gasteiger partial charge in [0, 0.05) is 51.2 Å². The van der Waals surface area contributed by atoms with Gasteiger partial charge >= 0.3 is 0 Å². The molecular formula is C27H32N6O6S. The molecule has 1 saturated heterocycles. The standard InChI is InChI=1S/C27H32N6O6S/c1-16(34)29-24-12-20(18(13-28-24)19-6-8-22-25(31-19)38-15-27(2,3)39-22)30-23-9-7-21(26(32-23)40(5,35)36)33-11-10-17(14-33)37-4/h6-9,12-13,17H,10-11,14-15H2,1-5H3,(H2,28,29,30,32,34)/t17-/m1/s1. The lowest BCUT2D eigenvalue weighted by Crippen LogP contribution is -2.39. The zero-order chi connectivity index (χ0) is 28.7. The van der Waals surface area contributed by atoms with Crippen LogP contribution in [0.15, 0.2) is 41.6 Å². The Balaban J connectivity index is 1.53. The molecule has 1 atom stereocenters. The summed E-state index contributed by atoms with van der Waals surface area (Å²) in [4.78, 5) is 27.1. The van der Waals surface area contributed by atoms with Gasteiger partial charge in [-0.1, -0.05) is 0 Å². The van der Waals surface area contributed by atoms with Gasteiger partial charge in [0.25, 0.3) is 5.88 Å². The first-order valence-corrected chi connectivity index (χ1v) is 14.7. The fraction of sp³-hybridized carbons (Fsp3) is 0.407. The molecule has 1 amide bonds. The van der Waals surface area contributed by atoms with Crippen molar-refractivity contribution in [3.8, 4) is 22.9 Å². The smallest absolute Gasteiger partial charge is 0.257 e. The molecule has 12 nitrogen and oxygen atoms in total. The van der Waals surface area contributed by atoms with E-state index in [1.807, 2.05) is 18.7 Å². The maximum absolute atomic E-state index is 12.8. The summed E-state index contributed by atoms with van der Waals surface area (Å²) in [5.74, 6) is 1.21. The maximum Gasteiger partial charge on any atom is 0.257 e. The molecule has 3 aromatic heterocycles. The largest absolute Gasteiger partial charge is 0.479 e. The molecule has 0 aromatic carbocycles. The molecule has 0 bridgehead atoms. The second-order valence-electron chi connectivity index (χ2n) is 10.5. The quantitative estimate of drug-likeness (QED) is 0.432. The van der Waals surface area contributed by atoms with Crippen LogP contribution in [-0.2, 0) is 19.4 Å². The number of fused-ring (bicyclic) bond motifs is 1. The molecule has 5 heterocycles. The molecule has 0 radical (unpaired) electrons. The minimum absolute atomic E-state index is 0.0290. The molecule has 0 unspecified atom stereocenters. The van der Waals surface area contributed by atoms with Crippen LogP contribution in [0.4, 0.5) is 23.0 Å². The van der Waals surface area contributed by atoms with Crippen LogP contribution in [0.1, 0.15) is 27.2 Å². The van der Waals surface area contributed by atoms with Gasteiger partial charge in [-0.2, -0.15) is 0 Å². The van der Waals surface area contributed by atoms with Crippen molar-refractivity contribution in [2.75, 3.05) is 48.6 Å². The molecule has 2 N–H and O–H groups in total. The van der Waals surface area contributed by atoms with Crippen molar-refractivity contribution < 1.29 is 27.4 Å². The van der Waals surface area contributed by atoms with E-state index < -0.39 is 15.4 Å². The molecular weight excluding hydrogens is 536 g/mol. The molecule has 1 fully saturated rings. The van der Waals surface area contributed by atoms with E-state index in [9.17, 15) is 13.2 Å². The summed E-state index contributed by atoms with van der Waals surface area (Å²) in [6, 6.07) is 8.65. The van der Waals surface area contributed by atoms with E-state index >= 15 is 0 Å². The summed E-state index contributed by atoms with van der Waals surface area (Å²) in [7, 11) is -2.01. The third-order valence-electron chi connectivity index (χ3n) is 6.53. The molecule has 13 heteroatoms. The van der Waals surface area contributed by atoms with E-state index in [-0.39, 0.29) is 17.0 Å². The molecule has 3 aromatic rings. The monoisotopic (exact) mass is 568 g/mol. The number of carbonyl (C=O) groups excluding carboxylic acids is 1. The molecule has 0 saturated carbocycles. The fourth-order valence-corrected chi connectivity index (χ4v) is 5.47. The van der Waals surface area contributed by atoms with E-state index in [4.69, 9.17) is 14.2 Å². The summed E-state index contributed by atoms with van der Waals surface area (Å²) in [5.41, 5.74) is 1.68. The third kappa shape index (κ3) is 5.94. The Hall–Kier alpha value is -3.97. The number of sulfone groups is 1. The van der Waals surface area contributed by atoms with Crippen molar-refractivity contribution in [3.63, 3.8) is 0 Å². The predicted octanol–water partition coefficient (Wildman–Crippen LogP) is 3.42. The number of nitrogens with one attached hydrogen (secondary N) is 2. The van der Waals surface area contributed by atoms with Crippen molar-refractivity contribution in [1.29, 1.82) is 0 Å². The first-order chi connectivity index (χ1) is 18.9. The number of hydrogen-bond donors (Lipinski definition) is 2. The predicted molar refractivity (Wildman–Crippen MR) is 150 cm³/mol. The van der Waals surface area contributed by atoms with Gasteiger partial charge in [0.15, 0.2) is 20.6 Å². The highest BCUT2D eigenvalue weighted by atomic mass is 32.2. The number of rotatable bonds is 7. The van der Waals surface area contributed by atoms with Crippen molar-refractivity contribution in [1.82, 2.24) is 15.0 Å². The van der Waals surface area contributed by atoms with Crippen molar-refractivity contribution >= 4 is 38.8 Å². The Bertz CT molecular complexity index is 1560. The summed E-state index contributed by atoms with van der Waals surface area (Å²) in [6.07, 6.45) is 3.53. The van der Waals surface area contributed by atoms with Gasteiger partial charge in [-0.15, -0.1) is 0 Å². The van der Waals surface area contributed by atoms with Crippen molar-refractivity contribution in [2.45, 2.75) is 43.9 Å². The Morgan fingerprint density at radius 2 is 1.98 bits per heavy atom. The summed E-state index contributed by atoms with van der Waals surface area (Å²) >= 11 is 0. The zero-order valence-electron chi connectivity index (χ0n) is 23.0. The zero-order valence-corrected chi connectivity index (χ0v) is 23.8. The van der Waals surface area contributed by atoms with Crippen LogP contribution in [0.5, 0.6) is 11.6 Å². The average molecular weight is 569 g/mol. The van der Waals surface area contributed by atoms with Crippen LogP contribution in [0.3, 0.4) is 0 Å². The lowest BCUT2D eigenvalue weighted by atomic mass is 10.1. The number of aromatic nitrogens is 3. The summed E-state index contributed by atoms with van der Waals surface area (Å²) < 4.78 is 42.8. The number of amides is 1. The Kier molecular flexibility index (Phi) is 7.27. The summed E-state index contributed by atoms with van der Waals surface area (Å²) in [5, 5.41) is 5.84. The topological polar surface area (TPSA) is 145 Å². The highest BCUT2D eigenvalue weighted by Crippen LogP contribution is 2.38. The lowest BCUT2D eigenvalue weighted by Gasteiger charge is -2.31. The van der Waals surface area contributed by atoms with Crippen LogP contribution in [0.2, 0.25) is 0 Å². The average Bonchev–Trinajstić information content (AvgIpc) is 3.37. The number of pyridine rings is 3. The molecule has 40 heavy (non-hydrogen) atoms. The van der Waals surface area contributed by atoms with E-state index in [0.717, 1.165) is 12.7 Å². The van der Waals surface area contributed by atoms with Crippen LogP contribution in [-0.4, -0.2) is 74.0 Å². The number of methoxy groups -OCH3 is 1. The van der Waals surface area contributed by atoms with Gasteiger partial charge in [-0.3, -0.25) is 4.79 Å². The third-order valence-corrected chi connectivity index (χ3v) is 7.53. The van der Waals surface area contributed by atoms with Gasteiger partial charge in [0.1, 0.15) is 23.8 Å². The molecule has 2 aliphatic rings. The molecule has 0 spiro atoms. The van der Waals surface area contributed by atoms with Gasteiger partial charge < -0.3 is 29.7 Å². The SMILES string of the molecule is CO[C@@H]1CCN(c2ccc(Nc3cc(NC(C)=O)ncc3-c3ccc4c(n3)OCC(C)(C)O4)nc2S(C)(=O)=O)C1. The van der Waals surface area contributed by atoms with Crippen molar-refractivity contribution in [2.24, 2.45) is 0 Å². The number of carbonyl (C=O) groups is 1. The van der Waals surface area contributed by atoms with E-state index in [1.165, 1.54) is 6.92 Å². The Labute approximate surface area is 233 Å². The second kappa shape index (κ2) is 10.5. The van der Waals surface area contributed by atoms with E-state index in [2.05, 4.69) is 25.6 Å². The fourth-order valence-electron chi connectivity index (χ4n) is 4.63. The summed E-state index contributed by atoms with van der Waals surface area (Å²) in [6.45, 7) is 6.83. The lowest BCUT2D eigenvalue weighted by molar-refractivity contribution is -0.114. The van der Waals surface area contributed by atoms with Crippen LogP contribution < -0.4 is 25.0 Å². The van der Waals surface area contributed by atoms with Gasteiger partial charge in [-0.05, 0) is 44.5 Å². The molecule has 0 aliphatic carbocycles. The van der Waals surface area contributed by atoms with Crippen molar-refractivity contribution in [3.05, 3.63) is 36.5 Å². The maximum atomic E-state index is 12.8. The minimum atomic E-state index is -3.66. The minimum Gasteiger partial charge on any atom is -0.479 e. The molecule has 212 valence electrons. The number of nitrogens with zero attached hydrogens (tertiary/aromatic N) is 4. The first kappa shape index (κ1) is 27.6. The molecule has 2 aliphatic heterocycles. The highest BCUT2D eigenvalue weighted by molar-refractivity contribution is 7.90. The van der Waals surface area contributed by atoms with Gasteiger partial charge in [-0.25, -0.2) is 23.4 Å². The molecule has 5 rings (SSSR count). The number of hydrogen-bond acceptors (Lipinski definition) is 11. The van der Waals surface area contributed by atoms with E-state index in [0.29, 0.717) is 65.6 Å².